The van der Waals surface area contributed by atoms with Crippen molar-refractivity contribution in [2.45, 2.75) is 45.3 Å². The Kier molecular flexibility index (Phi) is 9.73. The van der Waals surface area contributed by atoms with Gasteiger partial charge in [0.05, 0.1) is 25.5 Å². The smallest absolute Gasteiger partial charge is 0.417 e. The van der Waals surface area contributed by atoms with Gasteiger partial charge in [0.1, 0.15) is 18.5 Å². The Morgan fingerprint density at radius 2 is 1.77 bits per heavy atom. The molecule has 9 nitrogen and oxygen atoms in total. The zero-order chi connectivity index (χ0) is 30.2. The monoisotopic (exact) mass is 584 g/mol. The van der Waals surface area contributed by atoms with Crippen LogP contribution in [0.4, 0.5) is 4.79 Å². The topological polar surface area (TPSA) is 100 Å². The largest absolute Gasteiger partial charge is 0.493 e. The van der Waals surface area contributed by atoms with Crippen molar-refractivity contribution < 1.29 is 33.0 Å². The van der Waals surface area contributed by atoms with E-state index in [4.69, 9.17) is 23.4 Å². The molecule has 1 aliphatic rings. The molecule has 224 valence electrons. The zero-order valence-corrected chi connectivity index (χ0v) is 24.7. The molecule has 0 bridgehead atoms. The van der Waals surface area contributed by atoms with E-state index >= 15 is 0 Å². The second kappa shape index (κ2) is 14.0. The molecular formula is C34H36N2O7. The van der Waals surface area contributed by atoms with Crippen LogP contribution in [0.25, 0.3) is 11.5 Å². The van der Waals surface area contributed by atoms with Crippen LogP contribution in [0, 0.1) is 6.92 Å². The fraction of sp³-hybridized carbons (Fsp3) is 0.324. The zero-order valence-electron chi connectivity index (χ0n) is 24.7. The number of amides is 2. The lowest BCUT2D eigenvalue weighted by atomic mass is 10.0. The van der Waals surface area contributed by atoms with Gasteiger partial charge in [-0.05, 0) is 55.7 Å². The summed E-state index contributed by atoms with van der Waals surface area (Å²) in [4.78, 5) is 32.0. The van der Waals surface area contributed by atoms with Gasteiger partial charge in [0.25, 0.3) is 5.91 Å². The van der Waals surface area contributed by atoms with Crippen LogP contribution >= 0.6 is 0 Å². The molecule has 5 rings (SSSR count). The van der Waals surface area contributed by atoms with Crippen molar-refractivity contribution >= 4 is 12.0 Å². The van der Waals surface area contributed by atoms with Crippen molar-refractivity contribution in [1.82, 2.24) is 9.88 Å². The first-order chi connectivity index (χ1) is 21.0. The number of imide groups is 1. The van der Waals surface area contributed by atoms with Crippen LogP contribution < -0.4 is 9.47 Å². The fourth-order valence-electron chi connectivity index (χ4n) is 5.13. The van der Waals surface area contributed by atoms with Crippen LogP contribution in [0.3, 0.4) is 0 Å². The van der Waals surface area contributed by atoms with E-state index in [9.17, 15) is 9.59 Å². The van der Waals surface area contributed by atoms with Gasteiger partial charge < -0.3 is 23.4 Å². The first kappa shape index (κ1) is 29.8. The maximum absolute atomic E-state index is 13.6. The molecule has 43 heavy (non-hydrogen) atoms. The minimum Gasteiger partial charge on any atom is -0.493 e. The average Bonchev–Trinajstić information content (AvgIpc) is 3.59. The van der Waals surface area contributed by atoms with E-state index in [1.807, 2.05) is 92.7 Å². The summed E-state index contributed by atoms with van der Waals surface area (Å²) in [5.74, 6) is 2.03. The summed E-state index contributed by atoms with van der Waals surface area (Å²) in [5.41, 5.74) is 3.58. The van der Waals surface area contributed by atoms with Gasteiger partial charge in [-0.3, -0.25) is 4.79 Å². The van der Waals surface area contributed by atoms with Crippen molar-refractivity contribution in [2.24, 2.45) is 0 Å². The molecule has 9 heteroatoms. The van der Waals surface area contributed by atoms with E-state index in [0.29, 0.717) is 43.4 Å². The van der Waals surface area contributed by atoms with Crippen LogP contribution in [0.5, 0.6) is 11.5 Å². The lowest BCUT2D eigenvalue weighted by Gasteiger charge is -2.25. The third kappa shape index (κ3) is 7.24. The molecule has 1 unspecified atom stereocenters. The molecule has 0 N–H and O–H groups in total. The molecule has 1 saturated heterocycles. The van der Waals surface area contributed by atoms with Crippen LogP contribution in [0.1, 0.15) is 29.5 Å². The Hall–Kier alpha value is -4.63. The summed E-state index contributed by atoms with van der Waals surface area (Å²) < 4.78 is 28.6. The molecule has 2 amide bonds. The predicted octanol–water partition coefficient (Wildman–Crippen LogP) is 5.82. The first-order valence-electron chi connectivity index (χ1n) is 14.4. The third-order valence-corrected chi connectivity index (χ3v) is 7.31. The summed E-state index contributed by atoms with van der Waals surface area (Å²) in [6.45, 7) is 4.55. The van der Waals surface area contributed by atoms with Gasteiger partial charge in [-0.15, -0.1) is 0 Å². The molecule has 1 fully saturated rings. The molecule has 3 aromatic carbocycles. The third-order valence-electron chi connectivity index (χ3n) is 7.31. The number of methoxy groups -OCH3 is 1. The number of ether oxygens (including phenoxy) is 4. The van der Waals surface area contributed by atoms with E-state index in [1.165, 1.54) is 4.90 Å². The number of carbonyl (C=O) groups is 2. The Morgan fingerprint density at radius 1 is 1.02 bits per heavy atom. The summed E-state index contributed by atoms with van der Waals surface area (Å²) in [6, 6.07) is 24.6. The van der Waals surface area contributed by atoms with Crippen LogP contribution in [0.2, 0.25) is 0 Å². The van der Waals surface area contributed by atoms with Crippen LogP contribution in [-0.2, 0) is 33.5 Å². The van der Waals surface area contributed by atoms with E-state index < -0.39 is 24.1 Å². The number of nitrogens with zero attached hydrogens (tertiary/aromatic N) is 2. The quantitative estimate of drug-likeness (QED) is 0.194. The molecule has 1 aromatic heterocycles. The highest BCUT2D eigenvalue weighted by atomic mass is 16.6. The maximum Gasteiger partial charge on any atom is 0.417 e. The second-order valence-corrected chi connectivity index (χ2v) is 10.2. The Balaban J connectivity index is 1.23. The number of hydrogen-bond acceptors (Lipinski definition) is 8. The van der Waals surface area contributed by atoms with E-state index in [1.54, 1.807) is 7.11 Å². The highest BCUT2D eigenvalue weighted by Crippen LogP contribution is 2.30. The summed E-state index contributed by atoms with van der Waals surface area (Å²) >= 11 is 0. The summed E-state index contributed by atoms with van der Waals surface area (Å²) in [5, 5.41) is 0. The van der Waals surface area contributed by atoms with Gasteiger partial charge in [-0.1, -0.05) is 54.6 Å². The van der Waals surface area contributed by atoms with Gasteiger partial charge in [-0.2, -0.15) is 0 Å². The van der Waals surface area contributed by atoms with E-state index in [-0.39, 0.29) is 13.0 Å². The van der Waals surface area contributed by atoms with Gasteiger partial charge >= 0.3 is 6.09 Å². The van der Waals surface area contributed by atoms with Gasteiger partial charge in [0.15, 0.2) is 11.5 Å². The maximum atomic E-state index is 13.6. The molecule has 0 aliphatic carbocycles. The normalized spacial score (nSPS) is 15.3. The predicted molar refractivity (Wildman–Crippen MR) is 160 cm³/mol. The van der Waals surface area contributed by atoms with Crippen LogP contribution in [0.15, 0.2) is 83.3 Å². The SMILES string of the molecule is CCO[C@@H](Cc1ccc(OCCc2nc(-c3ccccc3)oc2C)c(OC)c1)C(=O)N1C(=O)OCC1Cc1ccccc1. The first-order valence-corrected chi connectivity index (χ1v) is 14.4. The van der Waals surface area contributed by atoms with Crippen LogP contribution in [-0.4, -0.2) is 61.0 Å². The van der Waals surface area contributed by atoms with Gasteiger partial charge in [0.2, 0.25) is 5.89 Å². The molecular weight excluding hydrogens is 548 g/mol. The summed E-state index contributed by atoms with van der Waals surface area (Å²) in [6.07, 6.45) is -0.178. The van der Waals surface area contributed by atoms with Crippen molar-refractivity contribution in [3.05, 3.63) is 101 Å². The standard InChI is InChI=1S/C34H36N2O7/c1-4-40-31(33(37)36-27(22-42-34(36)38)19-24-11-7-5-8-12-24)21-25-15-16-29(30(20-25)39-3)41-18-17-28-23(2)43-32(35-28)26-13-9-6-10-14-26/h5-16,20,27,31H,4,17-19,21-22H2,1-3H3/t27?,31-/m0/s1. The Labute approximate surface area is 251 Å². The Bertz CT molecular complexity index is 1520. The number of benzene rings is 3. The molecule has 2 atom stereocenters. The Morgan fingerprint density at radius 3 is 2.49 bits per heavy atom. The highest BCUT2D eigenvalue weighted by Gasteiger charge is 2.41. The highest BCUT2D eigenvalue weighted by molar-refractivity contribution is 5.96. The number of aryl methyl sites for hydroxylation is 1. The van der Waals surface area contributed by atoms with E-state index in [0.717, 1.165) is 28.1 Å². The number of rotatable bonds is 13. The minimum atomic E-state index is -0.862. The summed E-state index contributed by atoms with van der Waals surface area (Å²) in [7, 11) is 1.57. The second-order valence-electron chi connectivity index (χ2n) is 10.2. The fourth-order valence-corrected chi connectivity index (χ4v) is 5.13. The molecule has 2 heterocycles. The van der Waals surface area contributed by atoms with Gasteiger partial charge in [0, 0.05) is 25.0 Å². The van der Waals surface area contributed by atoms with Crippen molar-refractivity contribution in [2.75, 3.05) is 26.9 Å². The van der Waals surface area contributed by atoms with E-state index in [2.05, 4.69) is 4.98 Å². The average molecular weight is 585 g/mol. The number of oxazole rings is 1. The molecule has 0 spiro atoms. The van der Waals surface area contributed by atoms with Gasteiger partial charge in [-0.25, -0.2) is 14.7 Å². The molecule has 0 radical (unpaired) electrons. The number of cyclic esters (lactones) is 1. The lowest BCUT2D eigenvalue weighted by molar-refractivity contribution is -0.141. The lowest BCUT2D eigenvalue weighted by Crippen LogP contribution is -2.47. The van der Waals surface area contributed by atoms with Crippen molar-refractivity contribution in [1.29, 1.82) is 0 Å². The van der Waals surface area contributed by atoms with Crippen molar-refractivity contribution in [3.63, 3.8) is 0 Å². The molecule has 0 saturated carbocycles. The number of hydrogen-bond donors (Lipinski definition) is 0. The molecule has 4 aromatic rings. The minimum absolute atomic E-state index is 0.152. The number of aromatic nitrogens is 1. The molecule has 1 aliphatic heterocycles. The van der Waals surface area contributed by atoms with Crippen molar-refractivity contribution in [3.8, 4) is 23.0 Å². The number of carbonyl (C=O) groups excluding carboxylic acids is 2.